The van der Waals surface area contributed by atoms with Gasteiger partial charge < -0.3 is 14.5 Å². The summed E-state index contributed by atoms with van der Waals surface area (Å²) in [6.45, 7) is 7.61. The zero-order chi connectivity index (χ0) is 15.2. The Morgan fingerprint density at radius 2 is 2.14 bits per heavy atom. The van der Waals surface area contributed by atoms with Gasteiger partial charge in [-0.3, -0.25) is 4.79 Å². The monoisotopic (exact) mass is 312 g/mol. The second kappa shape index (κ2) is 7.56. The van der Waals surface area contributed by atoms with Gasteiger partial charge in [0.2, 0.25) is 5.91 Å². The Bertz CT molecular complexity index is 498. The van der Waals surface area contributed by atoms with Crippen LogP contribution in [0.3, 0.4) is 0 Å². The Labute approximate surface area is 130 Å². The second-order valence-corrected chi connectivity index (χ2v) is 5.34. The molecule has 116 valence electrons. The lowest BCUT2D eigenvalue weighted by Crippen LogP contribution is -2.34. The molecule has 0 radical (unpaired) electrons. The molecule has 0 aliphatic carbocycles. The summed E-state index contributed by atoms with van der Waals surface area (Å²) in [4.78, 5) is 24.2. The topological polar surface area (TPSA) is 58.6 Å². The number of amides is 1. The Hall–Kier alpha value is -1.40. The SMILES string of the molecule is CCOCc1nc(Cl)cc(N2CCCN(C(C)=O)CC2)n1. The van der Waals surface area contributed by atoms with Gasteiger partial charge in [0.15, 0.2) is 5.82 Å². The van der Waals surface area contributed by atoms with E-state index in [1.54, 1.807) is 13.0 Å². The molecule has 6 nitrogen and oxygen atoms in total. The maximum Gasteiger partial charge on any atom is 0.219 e. The maximum atomic E-state index is 11.5. The molecule has 21 heavy (non-hydrogen) atoms. The van der Waals surface area contributed by atoms with Crippen LogP contribution in [0.25, 0.3) is 0 Å². The molecule has 0 spiro atoms. The minimum absolute atomic E-state index is 0.120. The van der Waals surface area contributed by atoms with Crippen molar-refractivity contribution in [2.45, 2.75) is 26.9 Å². The van der Waals surface area contributed by atoms with Crippen molar-refractivity contribution in [3.63, 3.8) is 0 Å². The summed E-state index contributed by atoms with van der Waals surface area (Å²) < 4.78 is 5.34. The Balaban J connectivity index is 2.10. The van der Waals surface area contributed by atoms with Crippen LogP contribution in [-0.2, 0) is 16.1 Å². The quantitative estimate of drug-likeness (QED) is 0.792. The molecule has 7 heteroatoms. The summed E-state index contributed by atoms with van der Waals surface area (Å²) >= 11 is 6.07. The summed E-state index contributed by atoms with van der Waals surface area (Å²) in [5.41, 5.74) is 0. The number of ether oxygens (including phenoxy) is 1. The molecule has 1 aromatic heterocycles. The van der Waals surface area contributed by atoms with Gasteiger partial charge in [-0.2, -0.15) is 0 Å². The largest absolute Gasteiger partial charge is 0.374 e. The maximum absolute atomic E-state index is 11.5. The lowest BCUT2D eigenvalue weighted by atomic mass is 10.3. The van der Waals surface area contributed by atoms with E-state index in [9.17, 15) is 4.79 Å². The van der Waals surface area contributed by atoms with E-state index in [-0.39, 0.29) is 5.91 Å². The van der Waals surface area contributed by atoms with Gasteiger partial charge in [0.05, 0.1) is 0 Å². The first-order valence-corrected chi connectivity index (χ1v) is 7.59. The van der Waals surface area contributed by atoms with Crippen LogP contribution in [0.2, 0.25) is 5.15 Å². The second-order valence-electron chi connectivity index (χ2n) is 4.95. The van der Waals surface area contributed by atoms with Crippen LogP contribution in [-0.4, -0.2) is 53.6 Å². The zero-order valence-electron chi connectivity index (χ0n) is 12.5. The van der Waals surface area contributed by atoms with Crippen LogP contribution in [0, 0.1) is 0 Å². The molecule has 0 saturated carbocycles. The van der Waals surface area contributed by atoms with Crippen LogP contribution in [0.4, 0.5) is 5.82 Å². The van der Waals surface area contributed by atoms with Gasteiger partial charge in [-0.15, -0.1) is 0 Å². The van der Waals surface area contributed by atoms with Crippen molar-refractivity contribution in [1.29, 1.82) is 0 Å². The van der Waals surface area contributed by atoms with E-state index < -0.39 is 0 Å². The molecule has 1 aromatic rings. The molecule has 0 atom stereocenters. The molecule has 0 N–H and O–H groups in total. The predicted molar refractivity (Wildman–Crippen MR) is 81.5 cm³/mol. The normalized spacial score (nSPS) is 16.0. The summed E-state index contributed by atoms with van der Waals surface area (Å²) in [6, 6.07) is 1.76. The van der Waals surface area contributed by atoms with Crippen LogP contribution >= 0.6 is 11.6 Å². The number of halogens is 1. The molecule has 2 heterocycles. The average molecular weight is 313 g/mol. The summed E-state index contributed by atoms with van der Waals surface area (Å²) in [5.74, 6) is 1.51. The highest BCUT2D eigenvalue weighted by Gasteiger charge is 2.18. The van der Waals surface area contributed by atoms with Crippen molar-refractivity contribution in [3.05, 3.63) is 17.0 Å². The zero-order valence-corrected chi connectivity index (χ0v) is 13.3. The fraction of sp³-hybridized carbons (Fsp3) is 0.643. The predicted octanol–water partition coefficient (Wildman–Crippen LogP) is 1.73. The summed E-state index contributed by atoms with van der Waals surface area (Å²) in [6.07, 6.45) is 0.919. The van der Waals surface area contributed by atoms with E-state index in [2.05, 4.69) is 14.9 Å². The Morgan fingerprint density at radius 3 is 2.86 bits per heavy atom. The molecule has 1 aliphatic rings. The van der Waals surface area contributed by atoms with Crippen LogP contribution < -0.4 is 4.90 Å². The van der Waals surface area contributed by atoms with Crippen molar-refractivity contribution >= 4 is 23.3 Å². The number of nitrogens with zero attached hydrogens (tertiary/aromatic N) is 4. The van der Waals surface area contributed by atoms with E-state index in [4.69, 9.17) is 16.3 Å². The molecule has 1 aliphatic heterocycles. The third-order valence-electron chi connectivity index (χ3n) is 3.43. The van der Waals surface area contributed by atoms with Crippen molar-refractivity contribution in [2.24, 2.45) is 0 Å². The highest BCUT2D eigenvalue weighted by molar-refractivity contribution is 6.29. The van der Waals surface area contributed by atoms with Crippen LogP contribution in [0.5, 0.6) is 0 Å². The average Bonchev–Trinajstić information content (AvgIpc) is 2.70. The number of rotatable bonds is 4. The molecule has 1 saturated heterocycles. The van der Waals surface area contributed by atoms with Crippen molar-refractivity contribution < 1.29 is 9.53 Å². The number of hydrogen-bond acceptors (Lipinski definition) is 5. The first-order valence-electron chi connectivity index (χ1n) is 7.22. The smallest absolute Gasteiger partial charge is 0.219 e. The summed E-state index contributed by atoms with van der Waals surface area (Å²) in [7, 11) is 0. The third-order valence-corrected chi connectivity index (χ3v) is 3.62. The van der Waals surface area contributed by atoms with Gasteiger partial charge in [0.1, 0.15) is 17.6 Å². The van der Waals surface area contributed by atoms with E-state index in [0.717, 1.165) is 31.9 Å². The van der Waals surface area contributed by atoms with Gasteiger partial charge in [-0.1, -0.05) is 11.6 Å². The van der Waals surface area contributed by atoms with Crippen molar-refractivity contribution in [1.82, 2.24) is 14.9 Å². The minimum Gasteiger partial charge on any atom is -0.374 e. The van der Waals surface area contributed by atoms with Crippen LogP contribution in [0.15, 0.2) is 6.07 Å². The van der Waals surface area contributed by atoms with Gasteiger partial charge >= 0.3 is 0 Å². The minimum atomic E-state index is 0.120. The number of carbonyl (C=O) groups is 1. The molecule has 1 fully saturated rings. The lowest BCUT2D eigenvalue weighted by Gasteiger charge is -2.22. The standard InChI is InChI=1S/C14H21ClN4O2/c1-3-21-10-13-16-12(15)9-14(17-13)19-6-4-5-18(7-8-19)11(2)20/h9H,3-8,10H2,1-2H3. The lowest BCUT2D eigenvalue weighted by molar-refractivity contribution is -0.128. The highest BCUT2D eigenvalue weighted by Crippen LogP contribution is 2.18. The van der Waals surface area contributed by atoms with Gasteiger partial charge in [-0.25, -0.2) is 9.97 Å². The van der Waals surface area contributed by atoms with E-state index in [1.165, 1.54) is 0 Å². The number of hydrogen-bond donors (Lipinski definition) is 0. The Kier molecular flexibility index (Phi) is 5.76. The van der Waals surface area contributed by atoms with Gasteiger partial charge in [-0.05, 0) is 13.3 Å². The molecule has 2 rings (SSSR count). The van der Waals surface area contributed by atoms with Crippen molar-refractivity contribution in [2.75, 3.05) is 37.7 Å². The number of anilines is 1. The van der Waals surface area contributed by atoms with E-state index >= 15 is 0 Å². The molecular formula is C14H21ClN4O2. The number of aromatic nitrogens is 2. The van der Waals surface area contributed by atoms with Crippen molar-refractivity contribution in [3.8, 4) is 0 Å². The Morgan fingerprint density at radius 1 is 1.33 bits per heavy atom. The fourth-order valence-corrected chi connectivity index (χ4v) is 2.53. The molecule has 1 amide bonds. The fourth-order valence-electron chi connectivity index (χ4n) is 2.33. The molecular weight excluding hydrogens is 292 g/mol. The number of carbonyl (C=O) groups excluding carboxylic acids is 1. The molecule has 0 aromatic carbocycles. The van der Waals surface area contributed by atoms with Crippen LogP contribution in [0.1, 0.15) is 26.1 Å². The van der Waals surface area contributed by atoms with Gasteiger partial charge in [0, 0.05) is 45.8 Å². The first-order chi connectivity index (χ1) is 10.1. The van der Waals surface area contributed by atoms with E-state index in [0.29, 0.717) is 30.7 Å². The third kappa shape index (κ3) is 4.54. The molecule has 0 unspecified atom stereocenters. The van der Waals surface area contributed by atoms with E-state index in [1.807, 2.05) is 11.8 Å². The van der Waals surface area contributed by atoms with Gasteiger partial charge in [0.25, 0.3) is 0 Å². The summed E-state index contributed by atoms with van der Waals surface area (Å²) in [5, 5.41) is 0.419. The highest BCUT2D eigenvalue weighted by atomic mass is 35.5. The first kappa shape index (κ1) is 16.0. The molecule has 0 bridgehead atoms.